The van der Waals surface area contributed by atoms with Crippen LogP contribution in [0.15, 0.2) is 30.3 Å². The summed E-state index contributed by atoms with van der Waals surface area (Å²) in [7, 11) is 0. The fraction of sp³-hybridized carbons (Fsp3) is 0.647. The first kappa shape index (κ1) is 12.7. The molecular formula is C17H24N2O. The third kappa shape index (κ3) is 2.33. The summed E-state index contributed by atoms with van der Waals surface area (Å²) >= 11 is 0. The molecule has 1 aromatic carbocycles. The number of benzene rings is 1. The van der Waals surface area contributed by atoms with Gasteiger partial charge in [-0.25, -0.2) is 0 Å². The maximum atomic E-state index is 6.29. The van der Waals surface area contributed by atoms with Crippen LogP contribution in [0.1, 0.15) is 25.7 Å². The van der Waals surface area contributed by atoms with Gasteiger partial charge in [0.25, 0.3) is 0 Å². The zero-order valence-corrected chi connectivity index (χ0v) is 12.1. The van der Waals surface area contributed by atoms with Crippen LogP contribution in [0.4, 0.5) is 5.69 Å². The van der Waals surface area contributed by atoms with Crippen LogP contribution in [0, 0.1) is 5.41 Å². The Balaban J connectivity index is 1.24. The van der Waals surface area contributed by atoms with Gasteiger partial charge in [-0.15, -0.1) is 0 Å². The van der Waals surface area contributed by atoms with Gasteiger partial charge in [0, 0.05) is 37.3 Å². The molecule has 0 bridgehead atoms. The number of hydrogen-bond acceptors (Lipinski definition) is 3. The quantitative estimate of drug-likeness (QED) is 0.914. The highest BCUT2D eigenvalue weighted by Gasteiger charge is 2.49. The number of para-hydroxylation sites is 1. The monoisotopic (exact) mass is 272 g/mol. The minimum Gasteiger partial charge on any atom is -0.375 e. The lowest BCUT2D eigenvalue weighted by atomic mass is 9.63. The normalized spacial score (nSPS) is 26.3. The van der Waals surface area contributed by atoms with Crippen molar-refractivity contribution >= 4 is 5.69 Å². The van der Waals surface area contributed by atoms with Crippen LogP contribution in [-0.2, 0) is 4.74 Å². The van der Waals surface area contributed by atoms with Crippen LogP contribution in [0.3, 0.4) is 0 Å². The number of anilines is 1. The molecule has 0 atom stereocenters. The molecule has 2 heterocycles. The summed E-state index contributed by atoms with van der Waals surface area (Å²) in [6.07, 6.45) is 5.97. The maximum Gasteiger partial charge on any atom is 0.0612 e. The molecule has 0 amide bonds. The van der Waals surface area contributed by atoms with Gasteiger partial charge in [0.15, 0.2) is 0 Å². The third-order valence-electron chi connectivity index (χ3n) is 5.27. The lowest BCUT2D eigenvalue weighted by Gasteiger charge is -2.54. The SMILES string of the molecule is c1ccc(N2CCC(OC3CC4(CNC4)C3)CC2)cc1. The van der Waals surface area contributed by atoms with E-state index in [1.807, 2.05) is 0 Å². The van der Waals surface area contributed by atoms with Crippen molar-refractivity contribution in [1.29, 1.82) is 0 Å². The number of nitrogens with one attached hydrogen (secondary N) is 1. The molecule has 0 radical (unpaired) electrons. The van der Waals surface area contributed by atoms with E-state index in [0.29, 0.717) is 17.6 Å². The van der Waals surface area contributed by atoms with E-state index in [2.05, 4.69) is 40.5 Å². The van der Waals surface area contributed by atoms with Crippen molar-refractivity contribution in [2.24, 2.45) is 5.41 Å². The Morgan fingerprint density at radius 3 is 2.30 bits per heavy atom. The summed E-state index contributed by atoms with van der Waals surface area (Å²) in [5.41, 5.74) is 1.99. The van der Waals surface area contributed by atoms with Crippen LogP contribution in [-0.4, -0.2) is 38.4 Å². The first-order valence-electron chi connectivity index (χ1n) is 7.99. The molecule has 4 rings (SSSR count). The second-order valence-electron chi connectivity index (χ2n) is 6.79. The van der Waals surface area contributed by atoms with Crippen molar-refractivity contribution in [3.63, 3.8) is 0 Å². The molecule has 108 valence electrons. The lowest BCUT2D eigenvalue weighted by molar-refractivity contribution is -0.135. The molecule has 1 saturated carbocycles. The van der Waals surface area contributed by atoms with E-state index in [4.69, 9.17) is 4.74 Å². The summed E-state index contributed by atoms with van der Waals surface area (Å²) in [5, 5.41) is 3.39. The molecule has 3 heteroatoms. The summed E-state index contributed by atoms with van der Waals surface area (Å²) in [6.45, 7) is 4.71. The highest BCUT2D eigenvalue weighted by molar-refractivity contribution is 5.46. The third-order valence-corrected chi connectivity index (χ3v) is 5.27. The Morgan fingerprint density at radius 2 is 1.70 bits per heavy atom. The Morgan fingerprint density at radius 1 is 1.00 bits per heavy atom. The fourth-order valence-electron chi connectivity index (χ4n) is 3.93. The van der Waals surface area contributed by atoms with Gasteiger partial charge in [0.1, 0.15) is 0 Å². The summed E-state index contributed by atoms with van der Waals surface area (Å²) in [6, 6.07) is 10.7. The standard InChI is InChI=1S/C17H24N2O/c1-2-4-14(5-3-1)19-8-6-15(7-9-19)20-16-10-17(11-16)12-18-13-17/h1-5,15-16,18H,6-13H2. The molecule has 0 aromatic heterocycles. The summed E-state index contributed by atoms with van der Waals surface area (Å²) in [4.78, 5) is 2.48. The topological polar surface area (TPSA) is 24.5 Å². The molecule has 3 aliphatic rings. The molecule has 1 aliphatic carbocycles. The van der Waals surface area contributed by atoms with Gasteiger partial charge in [0.05, 0.1) is 12.2 Å². The van der Waals surface area contributed by atoms with Crippen LogP contribution in [0.5, 0.6) is 0 Å². The van der Waals surface area contributed by atoms with Gasteiger partial charge in [-0.2, -0.15) is 0 Å². The Bertz CT molecular complexity index is 441. The predicted octanol–water partition coefficient (Wildman–Crippen LogP) is 2.42. The van der Waals surface area contributed by atoms with E-state index in [1.54, 1.807) is 0 Å². The van der Waals surface area contributed by atoms with E-state index in [0.717, 1.165) is 13.1 Å². The average Bonchev–Trinajstić information content (AvgIpc) is 2.42. The molecular weight excluding hydrogens is 248 g/mol. The molecule has 0 unspecified atom stereocenters. The van der Waals surface area contributed by atoms with Gasteiger partial charge < -0.3 is 15.0 Å². The zero-order chi connectivity index (χ0) is 13.4. The smallest absolute Gasteiger partial charge is 0.0612 e. The van der Waals surface area contributed by atoms with Crippen LogP contribution < -0.4 is 10.2 Å². The maximum absolute atomic E-state index is 6.29. The highest BCUT2D eigenvalue weighted by Crippen LogP contribution is 2.46. The fourth-order valence-corrected chi connectivity index (χ4v) is 3.93. The first-order chi connectivity index (χ1) is 9.83. The number of ether oxygens (including phenoxy) is 1. The van der Waals surface area contributed by atoms with Crippen molar-refractivity contribution in [3.05, 3.63) is 30.3 Å². The molecule has 1 N–H and O–H groups in total. The zero-order valence-electron chi connectivity index (χ0n) is 12.1. The molecule has 1 spiro atoms. The Kier molecular flexibility index (Phi) is 3.20. The van der Waals surface area contributed by atoms with E-state index in [1.165, 1.54) is 44.5 Å². The molecule has 3 fully saturated rings. The molecule has 20 heavy (non-hydrogen) atoms. The van der Waals surface area contributed by atoms with Gasteiger partial charge in [-0.3, -0.25) is 0 Å². The minimum atomic E-state index is 0.491. The predicted molar refractivity (Wildman–Crippen MR) is 81.1 cm³/mol. The number of hydrogen-bond donors (Lipinski definition) is 1. The van der Waals surface area contributed by atoms with Gasteiger partial charge >= 0.3 is 0 Å². The lowest BCUT2D eigenvalue weighted by Crippen LogP contribution is -2.62. The summed E-state index contributed by atoms with van der Waals surface area (Å²) in [5.74, 6) is 0. The molecule has 2 aliphatic heterocycles. The summed E-state index contributed by atoms with van der Waals surface area (Å²) < 4.78 is 6.29. The second kappa shape index (κ2) is 5.05. The van der Waals surface area contributed by atoms with Crippen LogP contribution in [0.25, 0.3) is 0 Å². The minimum absolute atomic E-state index is 0.491. The van der Waals surface area contributed by atoms with Crippen LogP contribution in [0.2, 0.25) is 0 Å². The second-order valence-corrected chi connectivity index (χ2v) is 6.79. The van der Waals surface area contributed by atoms with Crippen LogP contribution >= 0.6 is 0 Å². The van der Waals surface area contributed by atoms with E-state index < -0.39 is 0 Å². The number of piperidine rings is 1. The van der Waals surface area contributed by atoms with Crippen molar-refractivity contribution < 1.29 is 4.74 Å². The van der Waals surface area contributed by atoms with Crippen molar-refractivity contribution in [2.75, 3.05) is 31.1 Å². The van der Waals surface area contributed by atoms with Gasteiger partial charge in [0.2, 0.25) is 0 Å². The highest BCUT2D eigenvalue weighted by atomic mass is 16.5. The van der Waals surface area contributed by atoms with Crippen molar-refractivity contribution in [2.45, 2.75) is 37.9 Å². The van der Waals surface area contributed by atoms with E-state index >= 15 is 0 Å². The largest absolute Gasteiger partial charge is 0.375 e. The average molecular weight is 272 g/mol. The number of nitrogens with zero attached hydrogens (tertiary/aromatic N) is 1. The van der Waals surface area contributed by atoms with Gasteiger partial charge in [-0.1, -0.05) is 18.2 Å². The molecule has 2 saturated heterocycles. The molecule has 1 aromatic rings. The molecule has 3 nitrogen and oxygen atoms in total. The van der Waals surface area contributed by atoms with Gasteiger partial charge in [-0.05, 0) is 37.8 Å². The van der Waals surface area contributed by atoms with E-state index in [9.17, 15) is 0 Å². The Hall–Kier alpha value is -1.06. The number of rotatable bonds is 3. The van der Waals surface area contributed by atoms with Crippen molar-refractivity contribution in [1.82, 2.24) is 5.32 Å². The van der Waals surface area contributed by atoms with Crippen molar-refractivity contribution in [3.8, 4) is 0 Å². The van der Waals surface area contributed by atoms with E-state index in [-0.39, 0.29) is 0 Å². The first-order valence-corrected chi connectivity index (χ1v) is 7.99. The Labute approximate surface area is 121 Å².